The summed E-state index contributed by atoms with van der Waals surface area (Å²) < 4.78 is 13.1. The van der Waals surface area contributed by atoms with Gasteiger partial charge in [0.25, 0.3) is 0 Å². The SMILES string of the molecule is CC(C)C(C)N(C)Cc1ccc(F)cc1B(O)O. The highest BCUT2D eigenvalue weighted by molar-refractivity contribution is 6.59. The Labute approximate surface area is 108 Å². The molecular weight excluding hydrogens is 232 g/mol. The van der Waals surface area contributed by atoms with Crippen LogP contribution in [0.15, 0.2) is 18.2 Å². The Bertz CT molecular complexity index is 399. The largest absolute Gasteiger partial charge is 0.488 e. The molecule has 0 bridgehead atoms. The van der Waals surface area contributed by atoms with Crippen LogP contribution in [0.4, 0.5) is 4.39 Å². The number of hydrogen-bond acceptors (Lipinski definition) is 3. The average molecular weight is 253 g/mol. The lowest BCUT2D eigenvalue weighted by Gasteiger charge is -2.28. The minimum absolute atomic E-state index is 0.234. The molecule has 0 spiro atoms. The highest BCUT2D eigenvalue weighted by Crippen LogP contribution is 2.12. The van der Waals surface area contributed by atoms with E-state index in [0.717, 1.165) is 5.56 Å². The zero-order valence-corrected chi connectivity index (χ0v) is 11.4. The van der Waals surface area contributed by atoms with Gasteiger partial charge >= 0.3 is 7.12 Å². The summed E-state index contributed by atoms with van der Waals surface area (Å²) in [7, 11) is 0.333. The van der Waals surface area contributed by atoms with Crippen molar-refractivity contribution in [1.82, 2.24) is 4.90 Å². The Balaban J connectivity index is 2.90. The van der Waals surface area contributed by atoms with Crippen LogP contribution in [0.1, 0.15) is 26.3 Å². The highest BCUT2D eigenvalue weighted by Gasteiger charge is 2.20. The number of halogens is 1. The molecule has 0 aliphatic heterocycles. The van der Waals surface area contributed by atoms with Crippen LogP contribution in [0, 0.1) is 11.7 Å². The van der Waals surface area contributed by atoms with Gasteiger partial charge in [0, 0.05) is 12.6 Å². The first-order valence-electron chi connectivity index (χ1n) is 6.17. The maximum absolute atomic E-state index is 13.1. The lowest BCUT2D eigenvalue weighted by molar-refractivity contribution is 0.200. The first-order chi connectivity index (χ1) is 8.32. The molecule has 3 nitrogen and oxygen atoms in total. The fraction of sp³-hybridized carbons (Fsp3) is 0.538. The van der Waals surface area contributed by atoms with Crippen molar-refractivity contribution in [3.05, 3.63) is 29.6 Å². The highest BCUT2D eigenvalue weighted by atomic mass is 19.1. The number of benzene rings is 1. The van der Waals surface area contributed by atoms with Gasteiger partial charge in [-0.25, -0.2) is 4.39 Å². The maximum atomic E-state index is 13.1. The van der Waals surface area contributed by atoms with Crippen molar-refractivity contribution >= 4 is 12.6 Å². The topological polar surface area (TPSA) is 43.7 Å². The van der Waals surface area contributed by atoms with Gasteiger partial charge in [0.05, 0.1) is 0 Å². The fourth-order valence-electron chi connectivity index (χ4n) is 1.87. The van der Waals surface area contributed by atoms with Gasteiger partial charge in [-0.05, 0) is 43.0 Å². The molecule has 1 aromatic rings. The summed E-state index contributed by atoms with van der Waals surface area (Å²) in [5.74, 6) is 0.0411. The summed E-state index contributed by atoms with van der Waals surface area (Å²) >= 11 is 0. The third-order valence-electron chi connectivity index (χ3n) is 3.47. The number of hydrogen-bond donors (Lipinski definition) is 2. The molecular formula is C13H21BFNO2. The monoisotopic (exact) mass is 253 g/mol. The summed E-state index contributed by atoms with van der Waals surface area (Å²) in [4.78, 5) is 2.11. The third kappa shape index (κ3) is 3.80. The Morgan fingerprint density at radius 3 is 2.39 bits per heavy atom. The second-order valence-electron chi connectivity index (χ2n) is 5.12. The van der Waals surface area contributed by atoms with Crippen molar-refractivity contribution < 1.29 is 14.4 Å². The van der Waals surface area contributed by atoms with E-state index in [9.17, 15) is 14.4 Å². The Kier molecular flexibility index (Phi) is 5.32. The molecule has 0 saturated heterocycles. The standard InChI is InChI=1S/C13H21BFNO2/c1-9(2)10(3)16(4)8-11-5-6-12(15)7-13(11)14(17)18/h5-7,9-10,17-18H,8H2,1-4H3. The van der Waals surface area contributed by atoms with E-state index in [1.54, 1.807) is 6.07 Å². The molecule has 0 aliphatic rings. The molecule has 1 atom stereocenters. The Morgan fingerprint density at radius 1 is 1.28 bits per heavy atom. The smallest absolute Gasteiger partial charge is 0.423 e. The van der Waals surface area contributed by atoms with Gasteiger partial charge in [-0.15, -0.1) is 0 Å². The molecule has 0 radical (unpaired) electrons. The number of rotatable bonds is 5. The minimum atomic E-state index is -1.64. The quantitative estimate of drug-likeness (QED) is 0.769. The molecule has 100 valence electrons. The van der Waals surface area contributed by atoms with Crippen molar-refractivity contribution in [3.8, 4) is 0 Å². The van der Waals surface area contributed by atoms with Crippen molar-refractivity contribution in [3.63, 3.8) is 0 Å². The molecule has 1 rings (SSSR count). The van der Waals surface area contributed by atoms with Gasteiger partial charge in [0.1, 0.15) is 5.82 Å². The van der Waals surface area contributed by atoms with Gasteiger partial charge in [0.2, 0.25) is 0 Å². The van der Waals surface area contributed by atoms with Crippen LogP contribution in [0.3, 0.4) is 0 Å². The normalized spacial score (nSPS) is 13.2. The van der Waals surface area contributed by atoms with Crippen molar-refractivity contribution in [2.75, 3.05) is 7.05 Å². The van der Waals surface area contributed by atoms with Crippen LogP contribution >= 0.6 is 0 Å². The molecule has 2 N–H and O–H groups in total. The lowest BCUT2D eigenvalue weighted by Crippen LogP contribution is -2.38. The van der Waals surface area contributed by atoms with Crippen LogP contribution < -0.4 is 5.46 Å². The molecule has 18 heavy (non-hydrogen) atoms. The maximum Gasteiger partial charge on any atom is 0.488 e. The van der Waals surface area contributed by atoms with Crippen LogP contribution in [0.2, 0.25) is 0 Å². The van der Waals surface area contributed by atoms with Crippen LogP contribution in [-0.2, 0) is 6.54 Å². The van der Waals surface area contributed by atoms with Gasteiger partial charge in [0.15, 0.2) is 0 Å². The number of nitrogens with zero attached hydrogens (tertiary/aromatic N) is 1. The molecule has 1 aromatic carbocycles. The predicted molar refractivity (Wildman–Crippen MR) is 72.0 cm³/mol. The second-order valence-corrected chi connectivity index (χ2v) is 5.12. The van der Waals surface area contributed by atoms with E-state index in [4.69, 9.17) is 0 Å². The van der Waals surface area contributed by atoms with E-state index >= 15 is 0 Å². The van der Waals surface area contributed by atoms with E-state index in [0.29, 0.717) is 18.5 Å². The fourth-order valence-corrected chi connectivity index (χ4v) is 1.87. The zero-order chi connectivity index (χ0) is 13.9. The lowest BCUT2D eigenvalue weighted by atomic mass is 9.76. The van der Waals surface area contributed by atoms with Crippen molar-refractivity contribution in [2.45, 2.75) is 33.4 Å². The molecule has 0 aliphatic carbocycles. The summed E-state index contributed by atoms with van der Waals surface area (Å²) in [6.45, 7) is 6.94. The van der Waals surface area contributed by atoms with Crippen molar-refractivity contribution in [1.29, 1.82) is 0 Å². The summed E-state index contributed by atoms with van der Waals surface area (Å²) in [6, 6.07) is 4.48. The molecule has 1 unspecified atom stereocenters. The molecule has 0 aromatic heterocycles. The molecule has 0 amide bonds. The van der Waals surface area contributed by atoms with E-state index in [1.807, 2.05) is 7.05 Å². The van der Waals surface area contributed by atoms with Crippen LogP contribution in [0.5, 0.6) is 0 Å². The second kappa shape index (κ2) is 6.32. The molecule has 0 heterocycles. The van der Waals surface area contributed by atoms with Gasteiger partial charge in [-0.2, -0.15) is 0 Å². The first kappa shape index (κ1) is 15.2. The van der Waals surface area contributed by atoms with E-state index in [1.165, 1.54) is 12.1 Å². The molecule has 5 heteroatoms. The Morgan fingerprint density at radius 2 is 1.89 bits per heavy atom. The van der Waals surface area contributed by atoms with Crippen LogP contribution in [-0.4, -0.2) is 35.2 Å². The summed E-state index contributed by atoms with van der Waals surface area (Å²) in [5.41, 5.74) is 0.971. The summed E-state index contributed by atoms with van der Waals surface area (Å²) in [6.07, 6.45) is 0. The van der Waals surface area contributed by atoms with E-state index in [2.05, 4.69) is 25.7 Å². The van der Waals surface area contributed by atoms with Crippen LogP contribution in [0.25, 0.3) is 0 Å². The van der Waals surface area contributed by atoms with E-state index in [-0.39, 0.29) is 5.46 Å². The molecule has 0 fully saturated rings. The Hall–Kier alpha value is -0.905. The molecule has 0 saturated carbocycles. The zero-order valence-electron chi connectivity index (χ0n) is 11.4. The minimum Gasteiger partial charge on any atom is -0.423 e. The summed E-state index contributed by atoms with van der Waals surface area (Å²) in [5, 5.41) is 18.5. The van der Waals surface area contributed by atoms with Gasteiger partial charge in [-0.3, -0.25) is 4.90 Å². The first-order valence-corrected chi connectivity index (χ1v) is 6.17. The average Bonchev–Trinajstić information content (AvgIpc) is 2.29. The van der Waals surface area contributed by atoms with Gasteiger partial charge in [-0.1, -0.05) is 19.9 Å². The van der Waals surface area contributed by atoms with E-state index < -0.39 is 12.9 Å². The predicted octanol–water partition coefficient (Wildman–Crippen LogP) is 0.982. The third-order valence-corrected chi connectivity index (χ3v) is 3.47. The van der Waals surface area contributed by atoms with Gasteiger partial charge < -0.3 is 10.0 Å². The van der Waals surface area contributed by atoms with Crippen molar-refractivity contribution in [2.24, 2.45) is 5.92 Å².